The van der Waals surface area contributed by atoms with Crippen LogP contribution in [0.3, 0.4) is 0 Å². The standard InChI is InChI=1S/C20H25ClN2OS/c1-4-12-23(13-17-10-11-18(21)25-17)14-19(24)22-20-15(5-2)8-7-9-16(20)6-3/h4,7-11H,1,5-6,12-14H2,2-3H3,(H,22,24). The second kappa shape index (κ2) is 9.76. The van der Waals surface area contributed by atoms with Crippen LogP contribution in [0.4, 0.5) is 5.69 Å². The highest BCUT2D eigenvalue weighted by Gasteiger charge is 2.14. The van der Waals surface area contributed by atoms with Crippen molar-refractivity contribution in [2.45, 2.75) is 33.2 Å². The van der Waals surface area contributed by atoms with Crippen LogP contribution in [0.15, 0.2) is 43.0 Å². The molecule has 0 saturated carbocycles. The number of aryl methyl sites for hydroxylation is 2. The van der Waals surface area contributed by atoms with Crippen molar-refractivity contribution in [1.82, 2.24) is 4.90 Å². The van der Waals surface area contributed by atoms with E-state index in [0.717, 1.165) is 27.7 Å². The predicted octanol–water partition coefficient (Wildman–Crippen LogP) is 5.15. The number of para-hydroxylation sites is 1. The number of thiophene rings is 1. The first-order valence-corrected chi connectivity index (χ1v) is 9.74. The molecule has 0 aliphatic carbocycles. The molecule has 0 spiro atoms. The minimum absolute atomic E-state index is 0.0000954. The fourth-order valence-electron chi connectivity index (χ4n) is 2.81. The van der Waals surface area contributed by atoms with E-state index in [1.54, 1.807) is 11.3 Å². The largest absolute Gasteiger partial charge is 0.324 e. The van der Waals surface area contributed by atoms with Crippen LogP contribution >= 0.6 is 22.9 Å². The molecule has 1 aromatic heterocycles. The number of amides is 1. The van der Waals surface area contributed by atoms with E-state index in [1.807, 2.05) is 18.2 Å². The van der Waals surface area contributed by atoms with Crippen LogP contribution in [0.1, 0.15) is 29.9 Å². The van der Waals surface area contributed by atoms with Crippen LogP contribution in [0.2, 0.25) is 4.34 Å². The summed E-state index contributed by atoms with van der Waals surface area (Å²) >= 11 is 7.54. The van der Waals surface area contributed by atoms with Gasteiger partial charge in [-0.05, 0) is 36.1 Å². The average Bonchev–Trinajstić information content (AvgIpc) is 3.00. The molecule has 2 aromatic rings. The number of hydrogen-bond donors (Lipinski definition) is 1. The van der Waals surface area contributed by atoms with E-state index < -0.39 is 0 Å². The van der Waals surface area contributed by atoms with Gasteiger partial charge < -0.3 is 5.32 Å². The molecule has 5 heteroatoms. The molecule has 0 atom stereocenters. The van der Waals surface area contributed by atoms with Gasteiger partial charge >= 0.3 is 0 Å². The highest BCUT2D eigenvalue weighted by Crippen LogP contribution is 2.24. The molecule has 2 rings (SSSR count). The van der Waals surface area contributed by atoms with E-state index in [4.69, 9.17) is 11.6 Å². The van der Waals surface area contributed by atoms with Crippen LogP contribution in [-0.4, -0.2) is 23.9 Å². The zero-order valence-corrected chi connectivity index (χ0v) is 16.4. The highest BCUT2D eigenvalue weighted by atomic mass is 35.5. The summed E-state index contributed by atoms with van der Waals surface area (Å²) in [4.78, 5) is 15.8. The maximum Gasteiger partial charge on any atom is 0.238 e. The van der Waals surface area contributed by atoms with Gasteiger partial charge in [-0.2, -0.15) is 0 Å². The maximum atomic E-state index is 12.6. The van der Waals surface area contributed by atoms with E-state index in [1.165, 1.54) is 11.1 Å². The lowest BCUT2D eigenvalue weighted by Gasteiger charge is -2.21. The number of hydrogen-bond acceptors (Lipinski definition) is 3. The van der Waals surface area contributed by atoms with E-state index in [2.05, 4.69) is 48.8 Å². The summed E-state index contributed by atoms with van der Waals surface area (Å²) in [5.41, 5.74) is 3.32. The number of anilines is 1. The zero-order chi connectivity index (χ0) is 18.2. The van der Waals surface area contributed by atoms with Crippen molar-refractivity contribution in [2.24, 2.45) is 0 Å². The Morgan fingerprint density at radius 1 is 1.24 bits per heavy atom. The van der Waals surface area contributed by atoms with Gasteiger partial charge in [-0.1, -0.05) is 49.7 Å². The molecule has 1 heterocycles. The summed E-state index contributed by atoms with van der Waals surface area (Å²) < 4.78 is 0.766. The first-order valence-electron chi connectivity index (χ1n) is 8.55. The van der Waals surface area contributed by atoms with Gasteiger partial charge in [-0.15, -0.1) is 17.9 Å². The van der Waals surface area contributed by atoms with Crippen molar-refractivity contribution in [3.8, 4) is 0 Å². The minimum atomic E-state index is 0.0000954. The number of carbonyl (C=O) groups is 1. The van der Waals surface area contributed by atoms with Gasteiger partial charge in [0.1, 0.15) is 0 Å². The van der Waals surface area contributed by atoms with Gasteiger partial charge in [0.15, 0.2) is 0 Å². The normalized spacial score (nSPS) is 10.9. The molecule has 0 saturated heterocycles. The van der Waals surface area contributed by atoms with Crippen molar-refractivity contribution >= 4 is 34.5 Å². The Morgan fingerprint density at radius 3 is 2.44 bits per heavy atom. The van der Waals surface area contributed by atoms with Crippen LogP contribution < -0.4 is 5.32 Å². The summed E-state index contributed by atoms with van der Waals surface area (Å²) in [7, 11) is 0. The quantitative estimate of drug-likeness (QED) is 0.613. The topological polar surface area (TPSA) is 32.3 Å². The van der Waals surface area contributed by atoms with Crippen molar-refractivity contribution in [3.63, 3.8) is 0 Å². The first-order chi connectivity index (χ1) is 12.1. The summed E-state index contributed by atoms with van der Waals surface area (Å²) in [5, 5.41) is 3.12. The molecular weight excluding hydrogens is 352 g/mol. The lowest BCUT2D eigenvalue weighted by Crippen LogP contribution is -2.33. The maximum absolute atomic E-state index is 12.6. The van der Waals surface area contributed by atoms with Crippen LogP contribution in [0.5, 0.6) is 0 Å². The van der Waals surface area contributed by atoms with Crippen molar-refractivity contribution in [3.05, 3.63) is 63.3 Å². The lowest BCUT2D eigenvalue weighted by atomic mass is 10.0. The van der Waals surface area contributed by atoms with Crippen molar-refractivity contribution in [2.75, 3.05) is 18.4 Å². The Hall–Kier alpha value is -1.62. The van der Waals surface area contributed by atoms with Crippen LogP contribution in [0.25, 0.3) is 0 Å². The Labute approximate surface area is 159 Å². The Balaban J connectivity index is 2.07. The van der Waals surface area contributed by atoms with Gasteiger partial charge in [0.2, 0.25) is 5.91 Å². The second-order valence-corrected chi connectivity index (χ2v) is 7.67. The Morgan fingerprint density at radius 2 is 1.92 bits per heavy atom. The fraction of sp³-hybridized carbons (Fsp3) is 0.350. The third kappa shape index (κ3) is 5.70. The van der Waals surface area contributed by atoms with Gasteiger partial charge in [-0.25, -0.2) is 0 Å². The molecule has 0 fully saturated rings. The minimum Gasteiger partial charge on any atom is -0.324 e. The third-order valence-electron chi connectivity index (χ3n) is 4.03. The number of benzene rings is 1. The summed E-state index contributed by atoms with van der Waals surface area (Å²) in [6.07, 6.45) is 3.61. The number of rotatable bonds is 9. The molecule has 0 bridgehead atoms. The van der Waals surface area contributed by atoms with Gasteiger partial charge in [0.05, 0.1) is 10.9 Å². The second-order valence-electron chi connectivity index (χ2n) is 5.87. The Kier molecular flexibility index (Phi) is 7.69. The number of halogens is 1. The van der Waals surface area contributed by atoms with Crippen LogP contribution in [-0.2, 0) is 24.2 Å². The van der Waals surface area contributed by atoms with E-state index in [0.29, 0.717) is 19.6 Å². The van der Waals surface area contributed by atoms with Gasteiger partial charge in [0, 0.05) is 23.7 Å². The summed E-state index contributed by atoms with van der Waals surface area (Å²) in [6.45, 7) is 9.67. The molecule has 0 radical (unpaired) electrons. The molecule has 1 aromatic carbocycles. The number of carbonyl (C=O) groups excluding carboxylic acids is 1. The molecule has 0 aliphatic heterocycles. The Bertz CT molecular complexity index is 704. The van der Waals surface area contributed by atoms with Crippen LogP contribution in [0, 0.1) is 0 Å². The highest BCUT2D eigenvalue weighted by molar-refractivity contribution is 7.16. The van der Waals surface area contributed by atoms with E-state index in [9.17, 15) is 4.79 Å². The molecular formula is C20H25ClN2OS. The fourth-order valence-corrected chi connectivity index (χ4v) is 3.94. The summed E-state index contributed by atoms with van der Waals surface area (Å²) in [5.74, 6) is 0.0000954. The molecule has 0 unspecified atom stereocenters. The third-order valence-corrected chi connectivity index (χ3v) is 5.24. The average molecular weight is 377 g/mol. The first kappa shape index (κ1) is 19.7. The lowest BCUT2D eigenvalue weighted by molar-refractivity contribution is -0.117. The number of nitrogens with zero attached hydrogens (tertiary/aromatic N) is 1. The van der Waals surface area contributed by atoms with E-state index >= 15 is 0 Å². The number of nitrogens with one attached hydrogen (secondary N) is 1. The smallest absolute Gasteiger partial charge is 0.238 e. The molecule has 25 heavy (non-hydrogen) atoms. The molecule has 3 nitrogen and oxygen atoms in total. The molecule has 0 aliphatic rings. The predicted molar refractivity (Wildman–Crippen MR) is 109 cm³/mol. The molecule has 1 N–H and O–H groups in total. The van der Waals surface area contributed by atoms with Crippen molar-refractivity contribution < 1.29 is 4.79 Å². The van der Waals surface area contributed by atoms with E-state index in [-0.39, 0.29) is 5.91 Å². The SMILES string of the molecule is C=CCN(CC(=O)Nc1c(CC)cccc1CC)Cc1ccc(Cl)s1. The molecule has 1 amide bonds. The molecule has 134 valence electrons. The monoisotopic (exact) mass is 376 g/mol. The van der Waals surface area contributed by atoms with Gasteiger partial charge in [0.25, 0.3) is 0 Å². The van der Waals surface area contributed by atoms with Crippen molar-refractivity contribution in [1.29, 1.82) is 0 Å². The summed E-state index contributed by atoms with van der Waals surface area (Å²) in [6, 6.07) is 10.1. The zero-order valence-electron chi connectivity index (χ0n) is 14.8. The van der Waals surface area contributed by atoms with Gasteiger partial charge in [-0.3, -0.25) is 9.69 Å².